The number of hydrogen-bond acceptors (Lipinski definition) is 5. The normalized spacial score (nSPS) is 15.3. The van der Waals surface area contributed by atoms with E-state index in [-0.39, 0.29) is 10.8 Å². The van der Waals surface area contributed by atoms with Crippen LogP contribution in [0.2, 0.25) is 0 Å². The minimum absolute atomic E-state index is 0.135. The highest BCUT2D eigenvalue weighted by Gasteiger charge is 2.24. The maximum atomic E-state index is 12.7. The summed E-state index contributed by atoms with van der Waals surface area (Å²) in [5, 5.41) is 2.89. The summed E-state index contributed by atoms with van der Waals surface area (Å²) in [5.74, 6) is -0.238. The molecule has 0 aliphatic carbocycles. The zero-order valence-electron chi connectivity index (χ0n) is 15.7. The molecule has 1 aliphatic heterocycles. The molecule has 1 aromatic carbocycles. The highest BCUT2D eigenvalue weighted by molar-refractivity contribution is 7.89. The lowest BCUT2D eigenvalue weighted by Crippen LogP contribution is -2.33. The van der Waals surface area contributed by atoms with Crippen molar-refractivity contribution in [2.75, 3.05) is 45.2 Å². The fraction of sp³-hybridized carbons (Fsp3) is 0.611. The van der Waals surface area contributed by atoms with E-state index < -0.39 is 10.0 Å². The predicted octanol–water partition coefficient (Wildman–Crippen LogP) is 1.40. The van der Waals surface area contributed by atoms with Crippen LogP contribution in [0.3, 0.4) is 0 Å². The van der Waals surface area contributed by atoms with Crippen LogP contribution in [0.15, 0.2) is 23.1 Å². The van der Waals surface area contributed by atoms with E-state index in [2.05, 4.69) is 10.2 Å². The zero-order valence-corrected chi connectivity index (χ0v) is 16.5. The van der Waals surface area contributed by atoms with Crippen LogP contribution in [0.5, 0.6) is 0 Å². The number of piperidine rings is 1. The van der Waals surface area contributed by atoms with E-state index in [4.69, 9.17) is 5.73 Å². The van der Waals surface area contributed by atoms with Gasteiger partial charge in [0.15, 0.2) is 0 Å². The Morgan fingerprint density at radius 3 is 2.50 bits per heavy atom. The third-order valence-electron chi connectivity index (χ3n) is 4.60. The lowest BCUT2D eigenvalue weighted by atomic mass is 10.1. The second-order valence-corrected chi connectivity index (χ2v) is 8.92. The number of hydrogen-bond donors (Lipinski definition) is 2. The van der Waals surface area contributed by atoms with Gasteiger partial charge in [0.2, 0.25) is 10.0 Å². The molecule has 1 aliphatic rings. The van der Waals surface area contributed by atoms with Gasteiger partial charge in [-0.2, -0.15) is 0 Å². The molecule has 0 spiro atoms. The van der Waals surface area contributed by atoms with Crippen molar-refractivity contribution in [3.05, 3.63) is 23.8 Å². The van der Waals surface area contributed by atoms with Crippen molar-refractivity contribution in [2.24, 2.45) is 5.73 Å². The van der Waals surface area contributed by atoms with Gasteiger partial charge >= 0.3 is 0 Å². The standard InChI is InChI=1S/C18H30N4O3S/c1-21(2)26(24,25)15-8-9-17(22-12-6-3-7-13-22)16(14-15)18(23)20-11-5-4-10-19/h8-9,14H,3-7,10-13,19H2,1-2H3,(H,20,23). The van der Waals surface area contributed by atoms with Crippen LogP contribution >= 0.6 is 0 Å². The maximum absolute atomic E-state index is 12.7. The summed E-state index contributed by atoms with van der Waals surface area (Å²) < 4.78 is 26.1. The summed E-state index contributed by atoms with van der Waals surface area (Å²) in [7, 11) is -0.618. The van der Waals surface area contributed by atoms with Gasteiger partial charge in [0, 0.05) is 39.4 Å². The Morgan fingerprint density at radius 1 is 1.19 bits per heavy atom. The molecule has 1 fully saturated rings. The number of rotatable bonds is 8. The summed E-state index contributed by atoms with van der Waals surface area (Å²) in [6.45, 7) is 2.88. The number of sulfonamides is 1. The fourth-order valence-corrected chi connectivity index (χ4v) is 3.97. The number of unbranched alkanes of at least 4 members (excludes halogenated alkanes) is 1. The topological polar surface area (TPSA) is 95.7 Å². The summed E-state index contributed by atoms with van der Waals surface area (Å²) in [6, 6.07) is 4.85. The quantitative estimate of drug-likeness (QED) is 0.663. The number of nitrogens with zero attached hydrogens (tertiary/aromatic N) is 2. The summed E-state index contributed by atoms with van der Waals surface area (Å²) in [4.78, 5) is 15.0. The van der Waals surface area contributed by atoms with E-state index in [1.165, 1.54) is 26.6 Å². The van der Waals surface area contributed by atoms with Gasteiger partial charge in [-0.3, -0.25) is 4.79 Å². The van der Waals surface area contributed by atoms with Gasteiger partial charge in [-0.15, -0.1) is 0 Å². The van der Waals surface area contributed by atoms with Crippen LogP contribution in [0.25, 0.3) is 0 Å². The highest BCUT2D eigenvalue weighted by Crippen LogP contribution is 2.27. The monoisotopic (exact) mass is 382 g/mol. The SMILES string of the molecule is CN(C)S(=O)(=O)c1ccc(N2CCCCC2)c(C(=O)NCCCCN)c1. The second-order valence-electron chi connectivity index (χ2n) is 6.77. The minimum Gasteiger partial charge on any atom is -0.371 e. The number of nitrogens with one attached hydrogen (secondary N) is 1. The Labute approximate surface area is 156 Å². The van der Waals surface area contributed by atoms with Crippen molar-refractivity contribution in [3.63, 3.8) is 0 Å². The minimum atomic E-state index is -3.59. The van der Waals surface area contributed by atoms with Gasteiger partial charge in [0.25, 0.3) is 5.91 Å². The Balaban J connectivity index is 2.33. The average Bonchev–Trinajstić information content (AvgIpc) is 2.65. The van der Waals surface area contributed by atoms with Crippen LogP contribution in [0, 0.1) is 0 Å². The number of carbonyl (C=O) groups is 1. The lowest BCUT2D eigenvalue weighted by Gasteiger charge is -2.30. The van der Waals surface area contributed by atoms with Crippen molar-refractivity contribution < 1.29 is 13.2 Å². The Kier molecular flexibility index (Phi) is 7.43. The second kappa shape index (κ2) is 9.34. The van der Waals surface area contributed by atoms with Crippen molar-refractivity contribution in [2.45, 2.75) is 37.0 Å². The largest absolute Gasteiger partial charge is 0.371 e. The number of carbonyl (C=O) groups excluding carboxylic acids is 1. The highest BCUT2D eigenvalue weighted by atomic mass is 32.2. The Hall–Kier alpha value is -1.64. The van der Waals surface area contributed by atoms with Crippen LogP contribution < -0.4 is 16.0 Å². The fourth-order valence-electron chi connectivity index (χ4n) is 3.05. The molecule has 146 valence electrons. The Morgan fingerprint density at radius 2 is 1.88 bits per heavy atom. The molecule has 8 heteroatoms. The summed E-state index contributed by atoms with van der Waals surface area (Å²) >= 11 is 0. The molecule has 2 rings (SSSR count). The third kappa shape index (κ3) is 4.96. The van der Waals surface area contributed by atoms with Crippen molar-refractivity contribution in [1.82, 2.24) is 9.62 Å². The molecule has 26 heavy (non-hydrogen) atoms. The summed E-state index contributed by atoms with van der Waals surface area (Å²) in [6.07, 6.45) is 4.99. The Bertz CT molecular complexity index is 713. The average molecular weight is 383 g/mol. The molecule has 1 aromatic rings. The smallest absolute Gasteiger partial charge is 0.253 e. The van der Waals surface area contributed by atoms with Crippen LogP contribution in [-0.2, 0) is 10.0 Å². The molecule has 0 atom stereocenters. The zero-order chi connectivity index (χ0) is 19.2. The molecule has 7 nitrogen and oxygen atoms in total. The third-order valence-corrected chi connectivity index (χ3v) is 6.42. The lowest BCUT2D eigenvalue weighted by molar-refractivity contribution is 0.0953. The first-order valence-electron chi connectivity index (χ1n) is 9.17. The van der Waals surface area contributed by atoms with E-state index in [0.29, 0.717) is 18.7 Å². The van der Waals surface area contributed by atoms with Gasteiger partial charge in [-0.05, 0) is 56.8 Å². The van der Waals surface area contributed by atoms with Crippen LogP contribution in [0.1, 0.15) is 42.5 Å². The van der Waals surface area contributed by atoms with Crippen molar-refractivity contribution in [3.8, 4) is 0 Å². The van der Waals surface area contributed by atoms with E-state index in [1.54, 1.807) is 12.1 Å². The van der Waals surface area contributed by atoms with Crippen molar-refractivity contribution >= 4 is 21.6 Å². The molecule has 0 aromatic heterocycles. The molecular weight excluding hydrogens is 352 g/mol. The molecule has 0 unspecified atom stereocenters. The number of anilines is 1. The van der Waals surface area contributed by atoms with Gasteiger partial charge in [-0.25, -0.2) is 12.7 Å². The van der Waals surface area contributed by atoms with Gasteiger partial charge in [-0.1, -0.05) is 0 Å². The molecule has 0 saturated carbocycles. The molecule has 1 saturated heterocycles. The maximum Gasteiger partial charge on any atom is 0.253 e. The first-order valence-corrected chi connectivity index (χ1v) is 10.6. The van der Waals surface area contributed by atoms with E-state index in [1.807, 2.05) is 0 Å². The summed E-state index contributed by atoms with van der Waals surface area (Å²) in [5.41, 5.74) is 6.71. The molecule has 1 amide bonds. The van der Waals surface area contributed by atoms with E-state index in [0.717, 1.165) is 48.8 Å². The van der Waals surface area contributed by atoms with Crippen LogP contribution in [-0.4, -0.2) is 58.9 Å². The van der Waals surface area contributed by atoms with E-state index >= 15 is 0 Å². The molecule has 0 radical (unpaired) electrons. The predicted molar refractivity (Wildman–Crippen MR) is 104 cm³/mol. The molecular formula is C18H30N4O3S. The number of nitrogens with two attached hydrogens (primary N) is 1. The molecule has 1 heterocycles. The van der Waals surface area contributed by atoms with Gasteiger partial charge in [0.05, 0.1) is 10.5 Å². The first-order chi connectivity index (χ1) is 12.4. The molecule has 3 N–H and O–H groups in total. The first kappa shape index (κ1) is 20.7. The number of benzene rings is 1. The molecule has 0 bridgehead atoms. The van der Waals surface area contributed by atoms with Crippen molar-refractivity contribution in [1.29, 1.82) is 0 Å². The van der Waals surface area contributed by atoms with Gasteiger partial charge < -0.3 is 16.0 Å². The van der Waals surface area contributed by atoms with Crippen LogP contribution in [0.4, 0.5) is 5.69 Å². The van der Waals surface area contributed by atoms with Gasteiger partial charge in [0.1, 0.15) is 0 Å². The van der Waals surface area contributed by atoms with E-state index in [9.17, 15) is 13.2 Å². The number of amides is 1.